The second kappa shape index (κ2) is 18.5. The van der Waals surface area contributed by atoms with Crippen LogP contribution in [-0.4, -0.2) is 45.0 Å². The summed E-state index contributed by atoms with van der Waals surface area (Å²) in [5.74, 6) is 4.46. The summed E-state index contributed by atoms with van der Waals surface area (Å²) in [6.45, 7) is 3.27. The van der Waals surface area contributed by atoms with Gasteiger partial charge in [-0.3, -0.25) is 9.59 Å². The smallest absolute Gasteiger partial charge is 0.389 e. The van der Waals surface area contributed by atoms with Crippen LogP contribution in [0.15, 0.2) is 97.1 Å². The molecule has 0 amide bonds. The highest BCUT2D eigenvalue weighted by Gasteiger charge is 2.32. The minimum Gasteiger partial charge on any atom is -0.426 e. The minimum absolute atomic E-state index is 0.215. The van der Waals surface area contributed by atoms with Crippen molar-refractivity contribution in [1.82, 2.24) is 0 Å². The van der Waals surface area contributed by atoms with E-state index in [2.05, 4.69) is 11.8 Å². The molecule has 0 aromatic heterocycles. The van der Waals surface area contributed by atoms with Gasteiger partial charge < -0.3 is 28.4 Å². The Balaban J connectivity index is 1.03. The number of methoxy groups -OCH3 is 1. The van der Waals surface area contributed by atoms with Gasteiger partial charge in [0.15, 0.2) is 0 Å². The molecule has 0 N–H and O–H groups in total. The number of carbonyl (C=O) groups excluding carboxylic acids is 3. The monoisotopic (exact) mass is 676 g/mol. The lowest BCUT2D eigenvalue weighted by atomic mass is 9.82. The maximum Gasteiger partial charge on any atom is 0.389 e. The van der Waals surface area contributed by atoms with E-state index in [1.54, 1.807) is 50.4 Å². The van der Waals surface area contributed by atoms with Crippen LogP contribution in [0.4, 0.5) is 0 Å². The van der Waals surface area contributed by atoms with Crippen molar-refractivity contribution in [1.29, 1.82) is 0 Å². The van der Waals surface area contributed by atoms with Crippen LogP contribution >= 0.6 is 0 Å². The van der Waals surface area contributed by atoms with Crippen LogP contribution in [-0.2, 0) is 35.2 Å². The Morgan fingerprint density at radius 2 is 1.00 bits per heavy atom. The van der Waals surface area contributed by atoms with Gasteiger partial charge in [0.2, 0.25) is 0 Å². The van der Waals surface area contributed by atoms with E-state index in [4.69, 9.17) is 28.4 Å². The number of carbonyl (C=O) groups is 3. The molecule has 50 heavy (non-hydrogen) atoms. The molecule has 4 aromatic carbocycles. The largest absolute Gasteiger partial charge is 0.426 e. The van der Waals surface area contributed by atoms with E-state index in [0.29, 0.717) is 62.8 Å². The van der Waals surface area contributed by atoms with Crippen molar-refractivity contribution < 1.29 is 42.8 Å². The minimum atomic E-state index is -0.607. The third-order valence-corrected chi connectivity index (χ3v) is 8.32. The first-order chi connectivity index (χ1) is 24.4. The zero-order chi connectivity index (χ0) is 35.1. The molecule has 0 aliphatic heterocycles. The summed E-state index contributed by atoms with van der Waals surface area (Å²) in [6, 6.07) is 29.8. The van der Waals surface area contributed by atoms with Gasteiger partial charge in [-0.25, -0.2) is 4.79 Å². The van der Waals surface area contributed by atoms with Gasteiger partial charge in [0.05, 0.1) is 31.7 Å². The van der Waals surface area contributed by atoms with Gasteiger partial charge in [0.25, 0.3) is 0 Å². The first kappa shape index (κ1) is 36.0. The lowest BCUT2D eigenvalue weighted by Gasteiger charge is -2.25. The predicted octanol–water partition coefficient (Wildman–Crippen LogP) is 7.40. The second-order valence-corrected chi connectivity index (χ2v) is 11.8. The zero-order valence-corrected chi connectivity index (χ0v) is 28.2. The summed E-state index contributed by atoms with van der Waals surface area (Å²) >= 11 is 0. The molecule has 0 unspecified atom stereocenters. The molecule has 0 saturated heterocycles. The highest BCUT2D eigenvalue weighted by Crippen LogP contribution is 2.32. The van der Waals surface area contributed by atoms with E-state index in [-0.39, 0.29) is 30.6 Å². The average molecular weight is 677 g/mol. The highest BCUT2D eigenvalue weighted by atomic mass is 16.7. The number of hydrogen-bond donors (Lipinski definition) is 0. The Morgan fingerprint density at radius 1 is 0.580 bits per heavy atom. The summed E-state index contributed by atoms with van der Waals surface area (Å²) in [7, 11) is 1.63. The van der Waals surface area contributed by atoms with Crippen molar-refractivity contribution >= 4 is 17.9 Å². The van der Waals surface area contributed by atoms with E-state index in [9.17, 15) is 14.4 Å². The Hall–Kier alpha value is -5.27. The number of hydrogen-bond acceptors (Lipinski definition) is 9. The van der Waals surface area contributed by atoms with Gasteiger partial charge in [-0.2, -0.15) is 0 Å². The van der Waals surface area contributed by atoms with Crippen LogP contribution in [0.3, 0.4) is 0 Å². The Labute approximate surface area is 292 Å². The van der Waals surface area contributed by atoms with Gasteiger partial charge in [-0.05, 0) is 96.8 Å². The first-order valence-corrected chi connectivity index (χ1v) is 16.5. The van der Waals surface area contributed by atoms with E-state index < -0.39 is 5.97 Å². The number of benzene rings is 4. The van der Waals surface area contributed by atoms with Crippen molar-refractivity contribution in [2.75, 3.05) is 27.1 Å². The van der Waals surface area contributed by atoms with Gasteiger partial charge in [-0.15, -0.1) is 0 Å². The molecular weight excluding hydrogens is 636 g/mol. The average Bonchev–Trinajstić information content (AvgIpc) is 3.14. The van der Waals surface area contributed by atoms with Crippen LogP contribution in [0, 0.1) is 23.7 Å². The van der Waals surface area contributed by atoms with Crippen molar-refractivity contribution in [3.05, 3.63) is 103 Å². The van der Waals surface area contributed by atoms with E-state index in [1.165, 1.54) is 0 Å². The fraction of sp³-hybridized carbons (Fsp3) is 0.293. The van der Waals surface area contributed by atoms with E-state index in [0.717, 1.165) is 27.8 Å². The Kier molecular flexibility index (Phi) is 13.3. The van der Waals surface area contributed by atoms with Gasteiger partial charge in [0.1, 0.15) is 24.0 Å². The molecule has 0 heterocycles. The Bertz CT molecular complexity index is 1760. The van der Waals surface area contributed by atoms with Gasteiger partial charge in [-0.1, -0.05) is 66.6 Å². The quantitative estimate of drug-likeness (QED) is 0.0337. The summed E-state index contributed by atoms with van der Waals surface area (Å²) in [6.07, 6.45) is 2.22. The highest BCUT2D eigenvalue weighted by molar-refractivity contribution is 5.90. The van der Waals surface area contributed by atoms with Crippen LogP contribution in [0.1, 0.15) is 38.2 Å². The van der Waals surface area contributed by atoms with Crippen molar-refractivity contribution in [2.24, 2.45) is 11.8 Å². The molecule has 0 radical (unpaired) electrons. The molecule has 0 spiro atoms. The normalized spacial score (nSPS) is 15.3. The molecule has 1 aliphatic rings. The molecule has 1 fully saturated rings. The molecule has 4 aromatic rings. The molecule has 5 rings (SSSR count). The predicted molar refractivity (Wildman–Crippen MR) is 187 cm³/mol. The lowest BCUT2D eigenvalue weighted by Crippen LogP contribution is -2.30. The molecular formula is C41H40O9. The summed E-state index contributed by atoms with van der Waals surface area (Å²) in [5.41, 5.74) is 4.92. The first-order valence-electron chi connectivity index (χ1n) is 16.5. The van der Waals surface area contributed by atoms with Crippen molar-refractivity contribution in [3.63, 3.8) is 0 Å². The maximum absolute atomic E-state index is 12.9. The molecule has 0 bridgehead atoms. The van der Waals surface area contributed by atoms with E-state index in [1.807, 2.05) is 60.7 Å². The summed E-state index contributed by atoms with van der Waals surface area (Å²) in [5, 5.41) is 0. The van der Waals surface area contributed by atoms with Crippen LogP contribution in [0.5, 0.6) is 17.2 Å². The molecule has 1 aliphatic carbocycles. The SMILES string of the molecule is CC#CC(=O)Oc1ccc(-c2ccc(OC(=O)[C@H]3CC[C@H](C(=O)Oc4ccc(-c5ccc(COCOCCOC)cc5)cc4)CC3)cc2)cc1. The fourth-order valence-corrected chi connectivity index (χ4v) is 5.56. The zero-order valence-electron chi connectivity index (χ0n) is 28.2. The molecule has 0 atom stereocenters. The van der Waals surface area contributed by atoms with Crippen LogP contribution < -0.4 is 14.2 Å². The summed E-state index contributed by atoms with van der Waals surface area (Å²) < 4.78 is 32.3. The van der Waals surface area contributed by atoms with Gasteiger partial charge >= 0.3 is 17.9 Å². The fourth-order valence-electron chi connectivity index (χ4n) is 5.56. The number of rotatable bonds is 14. The Morgan fingerprint density at radius 3 is 1.42 bits per heavy atom. The topological polar surface area (TPSA) is 107 Å². The molecule has 9 heteroatoms. The van der Waals surface area contributed by atoms with E-state index >= 15 is 0 Å². The summed E-state index contributed by atoms with van der Waals surface area (Å²) in [4.78, 5) is 37.4. The maximum atomic E-state index is 12.9. The van der Waals surface area contributed by atoms with Crippen LogP contribution in [0.25, 0.3) is 22.3 Å². The standard InChI is InChI=1S/C41H40O9/c1-3-4-39(42)48-36-19-13-32(14-20-36)33-17-23-38(24-18-33)50-41(44)35-11-9-34(10-12-35)40(43)49-37-21-15-31(16-22-37)30-7-5-29(6-8-30)27-47-28-46-26-25-45-2/h5-8,13-24,34-35H,9-12,25-28H2,1-2H3/t34-,35-. The molecule has 1 saturated carbocycles. The van der Waals surface area contributed by atoms with Crippen molar-refractivity contribution in [2.45, 2.75) is 39.2 Å². The third-order valence-electron chi connectivity index (χ3n) is 8.32. The molecule has 9 nitrogen and oxygen atoms in total. The second-order valence-electron chi connectivity index (χ2n) is 11.8. The lowest BCUT2D eigenvalue weighted by molar-refractivity contribution is -0.145. The van der Waals surface area contributed by atoms with Crippen molar-refractivity contribution in [3.8, 4) is 51.3 Å². The number of ether oxygens (including phenoxy) is 6. The number of esters is 3. The third kappa shape index (κ3) is 10.6. The molecule has 258 valence electrons. The van der Waals surface area contributed by atoms with Gasteiger partial charge in [0, 0.05) is 13.0 Å². The van der Waals surface area contributed by atoms with Crippen LogP contribution in [0.2, 0.25) is 0 Å².